The number of amides is 2. The largest absolute Gasteiger partial charge is 0.481 e. The zero-order valence-corrected chi connectivity index (χ0v) is 13.8. The van der Waals surface area contributed by atoms with Crippen molar-refractivity contribution in [2.45, 2.75) is 44.3 Å². The van der Waals surface area contributed by atoms with Crippen LogP contribution in [-0.4, -0.2) is 63.6 Å². The lowest BCUT2D eigenvalue weighted by Crippen LogP contribution is -2.47. The quantitative estimate of drug-likeness (QED) is 0.851. The highest BCUT2D eigenvalue weighted by Gasteiger charge is 2.30. The van der Waals surface area contributed by atoms with Gasteiger partial charge in [0.1, 0.15) is 0 Å². The number of hydrogen-bond acceptors (Lipinski definition) is 3. The number of rotatable bonds is 2. The molecule has 21 heavy (non-hydrogen) atoms. The van der Waals surface area contributed by atoms with Gasteiger partial charge in [-0.3, -0.25) is 4.79 Å². The molecule has 0 aromatic rings. The second-order valence-corrected chi connectivity index (χ2v) is 8.46. The molecule has 1 N–H and O–H groups in total. The van der Waals surface area contributed by atoms with Crippen molar-refractivity contribution in [2.75, 3.05) is 31.9 Å². The maximum absolute atomic E-state index is 12.6. The SMILES string of the molecule is CC1(C)CCN(C(=O)N2CCC(CC(=O)O)CC2)CCS1. The lowest BCUT2D eigenvalue weighted by atomic mass is 9.94. The summed E-state index contributed by atoms with van der Waals surface area (Å²) in [5, 5.41) is 8.83. The van der Waals surface area contributed by atoms with E-state index in [0.717, 1.165) is 38.1 Å². The Hall–Kier alpha value is -0.910. The monoisotopic (exact) mass is 314 g/mol. The summed E-state index contributed by atoms with van der Waals surface area (Å²) < 4.78 is 0.253. The Balaban J connectivity index is 1.83. The van der Waals surface area contributed by atoms with Crippen LogP contribution < -0.4 is 0 Å². The molecule has 6 heteroatoms. The number of carboxylic acid groups (broad SMARTS) is 1. The lowest BCUT2D eigenvalue weighted by molar-refractivity contribution is -0.138. The number of carbonyl (C=O) groups excluding carboxylic acids is 1. The number of thioether (sulfide) groups is 1. The van der Waals surface area contributed by atoms with Crippen LogP contribution in [0.15, 0.2) is 0 Å². The van der Waals surface area contributed by atoms with Gasteiger partial charge in [0.05, 0.1) is 0 Å². The fourth-order valence-electron chi connectivity index (χ4n) is 2.99. The standard InChI is InChI=1S/C15H26N2O3S/c1-15(2)5-8-17(9-10-21-15)14(20)16-6-3-12(4-7-16)11-13(18)19/h12H,3-11H2,1-2H3,(H,18,19). The summed E-state index contributed by atoms with van der Waals surface area (Å²) in [5.41, 5.74) is 0. The number of piperidine rings is 1. The molecule has 0 aliphatic carbocycles. The number of nitrogens with zero attached hydrogens (tertiary/aromatic N) is 2. The Kier molecular flexibility index (Phi) is 5.41. The summed E-state index contributed by atoms with van der Waals surface area (Å²) in [4.78, 5) is 27.2. The Labute approximate surface area is 131 Å². The summed E-state index contributed by atoms with van der Waals surface area (Å²) in [7, 11) is 0. The molecule has 0 bridgehead atoms. The van der Waals surface area contributed by atoms with E-state index in [1.54, 1.807) is 0 Å². The fraction of sp³-hybridized carbons (Fsp3) is 0.867. The first-order chi connectivity index (χ1) is 9.87. The van der Waals surface area contributed by atoms with Gasteiger partial charge in [0, 0.05) is 43.1 Å². The van der Waals surface area contributed by atoms with Gasteiger partial charge < -0.3 is 14.9 Å². The molecule has 0 radical (unpaired) electrons. The van der Waals surface area contributed by atoms with Crippen LogP contribution in [0.2, 0.25) is 0 Å². The summed E-state index contributed by atoms with van der Waals surface area (Å²) >= 11 is 1.94. The van der Waals surface area contributed by atoms with Crippen molar-refractivity contribution in [2.24, 2.45) is 5.92 Å². The van der Waals surface area contributed by atoms with Crippen molar-refractivity contribution < 1.29 is 14.7 Å². The van der Waals surface area contributed by atoms with E-state index >= 15 is 0 Å². The summed E-state index contributed by atoms with van der Waals surface area (Å²) in [6, 6.07) is 0.141. The van der Waals surface area contributed by atoms with Crippen LogP contribution in [0.1, 0.15) is 39.5 Å². The average molecular weight is 314 g/mol. The molecule has 2 rings (SSSR count). The summed E-state index contributed by atoms with van der Waals surface area (Å²) in [6.45, 7) is 7.52. The summed E-state index contributed by atoms with van der Waals surface area (Å²) in [6.07, 6.45) is 2.88. The first-order valence-electron chi connectivity index (χ1n) is 7.77. The average Bonchev–Trinajstić information content (AvgIpc) is 2.59. The molecule has 2 heterocycles. The van der Waals surface area contributed by atoms with Gasteiger partial charge in [0.15, 0.2) is 0 Å². The number of carboxylic acids is 1. The highest BCUT2D eigenvalue weighted by Crippen LogP contribution is 2.31. The number of urea groups is 1. The zero-order valence-electron chi connectivity index (χ0n) is 13.0. The predicted molar refractivity (Wildman–Crippen MR) is 84.7 cm³/mol. The van der Waals surface area contributed by atoms with Gasteiger partial charge in [-0.15, -0.1) is 0 Å². The molecular formula is C15H26N2O3S. The molecule has 120 valence electrons. The van der Waals surface area contributed by atoms with E-state index in [2.05, 4.69) is 13.8 Å². The van der Waals surface area contributed by atoms with Gasteiger partial charge in [0.2, 0.25) is 0 Å². The van der Waals surface area contributed by atoms with Crippen LogP contribution in [0.25, 0.3) is 0 Å². The van der Waals surface area contributed by atoms with E-state index in [0.29, 0.717) is 13.1 Å². The molecule has 2 aliphatic heterocycles. The molecule has 5 nitrogen and oxygen atoms in total. The van der Waals surface area contributed by atoms with Crippen molar-refractivity contribution in [1.82, 2.24) is 9.80 Å². The molecule has 0 unspecified atom stereocenters. The van der Waals surface area contributed by atoms with E-state index in [4.69, 9.17) is 5.11 Å². The molecule has 2 aliphatic rings. The van der Waals surface area contributed by atoms with E-state index < -0.39 is 5.97 Å². The molecule has 2 fully saturated rings. The van der Waals surface area contributed by atoms with Gasteiger partial charge in [-0.2, -0.15) is 11.8 Å². The van der Waals surface area contributed by atoms with Gasteiger partial charge in [-0.05, 0) is 25.2 Å². The highest BCUT2D eigenvalue weighted by molar-refractivity contribution is 8.00. The van der Waals surface area contributed by atoms with Gasteiger partial charge in [0.25, 0.3) is 0 Å². The topological polar surface area (TPSA) is 60.9 Å². The van der Waals surface area contributed by atoms with Crippen molar-refractivity contribution >= 4 is 23.8 Å². The van der Waals surface area contributed by atoms with Gasteiger partial charge in [-0.1, -0.05) is 13.8 Å². The number of carbonyl (C=O) groups is 2. The smallest absolute Gasteiger partial charge is 0.320 e. The van der Waals surface area contributed by atoms with Crippen molar-refractivity contribution in [3.8, 4) is 0 Å². The normalized spacial score (nSPS) is 23.7. The van der Waals surface area contributed by atoms with Crippen LogP contribution in [0.5, 0.6) is 0 Å². The minimum absolute atomic E-state index is 0.141. The molecule has 2 saturated heterocycles. The second kappa shape index (κ2) is 6.90. The summed E-state index contributed by atoms with van der Waals surface area (Å²) in [5.74, 6) is 0.491. The number of hydrogen-bond donors (Lipinski definition) is 1. The molecule has 2 amide bonds. The van der Waals surface area contributed by atoms with Crippen molar-refractivity contribution in [3.63, 3.8) is 0 Å². The predicted octanol–water partition coefficient (Wildman–Crippen LogP) is 2.51. The van der Waals surface area contributed by atoms with Crippen molar-refractivity contribution in [1.29, 1.82) is 0 Å². The minimum Gasteiger partial charge on any atom is -0.481 e. The third-order valence-corrected chi connectivity index (χ3v) is 5.83. The fourth-order valence-corrected chi connectivity index (χ4v) is 4.09. The lowest BCUT2D eigenvalue weighted by Gasteiger charge is -2.35. The molecular weight excluding hydrogens is 288 g/mol. The third-order valence-electron chi connectivity index (χ3n) is 4.46. The Morgan fingerprint density at radius 2 is 1.76 bits per heavy atom. The molecule has 0 atom stereocenters. The van der Waals surface area contributed by atoms with Crippen molar-refractivity contribution in [3.05, 3.63) is 0 Å². The Morgan fingerprint density at radius 1 is 1.14 bits per heavy atom. The van der Waals surface area contributed by atoms with E-state index in [1.807, 2.05) is 21.6 Å². The van der Waals surface area contributed by atoms with Crippen LogP contribution in [-0.2, 0) is 4.79 Å². The van der Waals surface area contributed by atoms with Crippen LogP contribution in [0, 0.1) is 5.92 Å². The second-order valence-electron chi connectivity index (χ2n) is 6.66. The van der Waals surface area contributed by atoms with E-state index in [9.17, 15) is 9.59 Å². The van der Waals surface area contributed by atoms with Crippen LogP contribution >= 0.6 is 11.8 Å². The van der Waals surface area contributed by atoms with E-state index in [1.165, 1.54) is 0 Å². The van der Waals surface area contributed by atoms with Crippen LogP contribution in [0.4, 0.5) is 4.79 Å². The molecule has 0 spiro atoms. The van der Waals surface area contributed by atoms with Gasteiger partial charge >= 0.3 is 12.0 Å². The number of likely N-dealkylation sites (tertiary alicyclic amines) is 1. The third kappa shape index (κ3) is 4.80. The Morgan fingerprint density at radius 3 is 2.38 bits per heavy atom. The van der Waals surface area contributed by atoms with E-state index in [-0.39, 0.29) is 23.1 Å². The number of aliphatic carboxylic acids is 1. The Bertz CT molecular complexity index is 392. The first-order valence-corrected chi connectivity index (χ1v) is 8.75. The first kappa shape index (κ1) is 16.5. The zero-order chi connectivity index (χ0) is 15.5. The maximum atomic E-state index is 12.6. The maximum Gasteiger partial charge on any atom is 0.320 e. The molecule has 0 saturated carbocycles. The molecule has 0 aromatic carbocycles. The molecule has 0 aromatic heterocycles. The van der Waals surface area contributed by atoms with Crippen LogP contribution in [0.3, 0.4) is 0 Å². The van der Waals surface area contributed by atoms with Gasteiger partial charge in [-0.25, -0.2) is 4.79 Å². The highest BCUT2D eigenvalue weighted by atomic mass is 32.2. The minimum atomic E-state index is -0.730.